The van der Waals surface area contributed by atoms with Crippen molar-refractivity contribution in [3.8, 4) is 0 Å². The highest BCUT2D eigenvalue weighted by atomic mass is 35.5. The topological polar surface area (TPSA) is 86.8 Å². The van der Waals surface area contributed by atoms with Crippen LogP contribution >= 0.6 is 23.2 Å². The fourth-order valence-corrected chi connectivity index (χ4v) is 6.61. The van der Waals surface area contributed by atoms with Crippen LogP contribution in [-0.4, -0.2) is 43.8 Å². The lowest BCUT2D eigenvalue weighted by Crippen LogP contribution is -2.54. The first-order valence-corrected chi connectivity index (χ1v) is 16.9. The molecule has 4 aromatic carbocycles. The molecule has 0 aromatic heterocycles. The van der Waals surface area contributed by atoms with E-state index in [9.17, 15) is 18.0 Å². The first-order valence-electron chi connectivity index (χ1n) is 14.7. The van der Waals surface area contributed by atoms with Crippen LogP contribution in [0.3, 0.4) is 0 Å². The molecule has 1 N–H and O–H groups in total. The van der Waals surface area contributed by atoms with Crippen LogP contribution in [0.4, 0.5) is 5.69 Å². The van der Waals surface area contributed by atoms with Crippen molar-refractivity contribution in [1.82, 2.24) is 10.2 Å². The number of carbonyl (C=O) groups excluding carboxylic acids is 2. The maximum atomic E-state index is 14.5. The van der Waals surface area contributed by atoms with E-state index < -0.39 is 28.5 Å². The average Bonchev–Trinajstić information content (AvgIpc) is 3.03. The minimum atomic E-state index is -4.24. The van der Waals surface area contributed by atoms with E-state index in [1.54, 1.807) is 18.2 Å². The molecule has 2 amide bonds. The number of sulfonamides is 1. The molecule has 0 unspecified atom stereocenters. The Labute approximate surface area is 275 Å². The van der Waals surface area contributed by atoms with Crippen LogP contribution in [0.1, 0.15) is 37.0 Å². The number of carbonyl (C=O) groups is 2. The maximum absolute atomic E-state index is 14.5. The van der Waals surface area contributed by atoms with Crippen LogP contribution in [-0.2, 0) is 32.6 Å². The zero-order valence-electron chi connectivity index (χ0n) is 25.5. The van der Waals surface area contributed by atoms with E-state index in [4.69, 9.17) is 23.2 Å². The van der Waals surface area contributed by atoms with Gasteiger partial charge in [-0.15, -0.1) is 0 Å². The third-order valence-corrected chi connectivity index (χ3v) is 10.0. The van der Waals surface area contributed by atoms with Gasteiger partial charge in [-0.05, 0) is 61.7 Å². The Bertz CT molecular complexity index is 1720. The molecule has 4 rings (SSSR count). The molecule has 0 spiro atoms. The lowest BCUT2D eigenvalue weighted by atomic mass is 10.0. The predicted octanol–water partition coefficient (Wildman–Crippen LogP) is 7.05. The summed E-state index contributed by atoms with van der Waals surface area (Å²) in [6.45, 7) is 5.33. The number of aryl methyl sites for hydroxylation is 1. The van der Waals surface area contributed by atoms with Crippen LogP contribution < -0.4 is 9.62 Å². The summed E-state index contributed by atoms with van der Waals surface area (Å²) in [4.78, 5) is 29.9. The smallest absolute Gasteiger partial charge is 0.264 e. The maximum Gasteiger partial charge on any atom is 0.264 e. The van der Waals surface area contributed by atoms with Gasteiger partial charge < -0.3 is 10.2 Å². The Morgan fingerprint density at radius 3 is 2.09 bits per heavy atom. The predicted molar refractivity (Wildman–Crippen MR) is 181 cm³/mol. The quantitative estimate of drug-likeness (QED) is 0.166. The summed E-state index contributed by atoms with van der Waals surface area (Å²) in [5.74, 6) is -0.872. The highest BCUT2D eigenvalue weighted by molar-refractivity contribution is 7.92. The van der Waals surface area contributed by atoms with Crippen molar-refractivity contribution >= 4 is 50.7 Å². The van der Waals surface area contributed by atoms with Gasteiger partial charge in [-0.3, -0.25) is 13.9 Å². The van der Waals surface area contributed by atoms with E-state index in [1.807, 2.05) is 75.4 Å². The Hall–Kier alpha value is -3.85. The molecule has 2 atom stereocenters. The highest BCUT2D eigenvalue weighted by Gasteiger charge is 2.35. The summed E-state index contributed by atoms with van der Waals surface area (Å²) in [7, 11) is -4.24. The second-order valence-corrected chi connectivity index (χ2v) is 13.6. The van der Waals surface area contributed by atoms with Gasteiger partial charge in [-0.1, -0.05) is 108 Å². The van der Waals surface area contributed by atoms with Crippen molar-refractivity contribution in [2.45, 2.75) is 57.1 Å². The number of benzene rings is 4. The molecule has 0 saturated heterocycles. The zero-order valence-corrected chi connectivity index (χ0v) is 27.8. The number of halogens is 2. The van der Waals surface area contributed by atoms with Gasteiger partial charge in [0.2, 0.25) is 11.8 Å². The van der Waals surface area contributed by atoms with Crippen molar-refractivity contribution in [3.63, 3.8) is 0 Å². The SMILES string of the molecule is CC[C@H](C)NC(=O)[C@@H](Cc1ccccc1)N(Cc1cccc(C)c1)C(=O)CN(c1ccc(Cl)c(Cl)c1)S(=O)(=O)c1ccccc1. The van der Waals surface area contributed by atoms with Crippen LogP contribution in [0.25, 0.3) is 0 Å². The Kier molecular flexibility index (Phi) is 11.7. The van der Waals surface area contributed by atoms with Gasteiger partial charge in [0, 0.05) is 19.0 Å². The molecule has 236 valence electrons. The summed E-state index contributed by atoms with van der Waals surface area (Å²) < 4.78 is 29.2. The summed E-state index contributed by atoms with van der Waals surface area (Å²) in [6, 6.07) is 28.3. The number of nitrogens with one attached hydrogen (secondary N) is 1. The van der Waals surface area contributed by atoms with E-state index >= 15 is 0 Å². The molecule has 0 aliphatic rings. The molecule has 0 aliphatic heterocycles. The van der Waals surface area contributed by atoms with E-state index in [0.717, 1.165) is 21.0 Å². The number of hydrogen-bond donors (Lipinski definition) is 1. The van der Waals surface area contributed by atoms with Crippen LogP contribution in [0.15, 0.2) is 108 Å². The van der Waals surface area contributed by atoms with Gasteiger partial charge in [0.1, 0.15) is 12.6 Å². The largest absolute Gasteiger partial charge is 0.352 e. The van der Waals surface area contributed by atoms with E-state index in [0.29, 0.717) is 6.42 Å². The molecule has 7 nitrogen and oxygen atoms in total. The van der Waals surface area contributed by atoms with Crippen molar-refractivity contribution < 1.29 is 18.0 Å². The number of hydrogen-bond acceptors (Lipinski definition) is 4. The first kappa shape index (κ1) is 34.0. The van der Waals surface area contributed by atoms with Gasteiger partial charge in [0.05, 0.1) is 20.6 Å². The number of nitrogens with zero attached hydrogens (tertiary/aromatic N) is 2. The summed E-state index contributed by atoms with van der Waals surface area (Å²) in [5, 5.41) is 3.43. The van der Waals surface area contributed by atoms with Crippen molar-refractivity contribution in [2.75, 3.05) is 10.8 Å². The molecule has 10 heteroatoms. The minimum Gasteiger partial charge on any atom is -0.352 e. The molecule has 0 bridgehead atoms. The minimum absolute atomic E-state index is 0.00413. The second-order valence-electron chi connectivity index (χ2n) is 11.0. The molecule has 4 aromatic rings. The van der Waals surface area contributed by atoms with E-state index in [-0.39, 0.29) is 45.5 Å². The van der Waals surface area contributed by atoms with E-state index in [2.05, 4.69) is 5.32 Å². The molecular weight excluding hydrogens is 629 g/mol. The van der Waals surface area contributed by atoms with E-state index in [1.165, 1.54) is 35.2 Å². The highest BCUT2D eigenvalue weighted by Crippen LogP contribution is 2.31. The van der Waals surface area contributed by atoms with Gasteiger partial charge in [-0.25, -0.2) is 8.42 Å². The number of anilines is 1. The Balaban J connectivity index is 1.82. The van der Waals surface area contributed by atoms with Gasteiger partial charge in [0.25, 0.3) is 10.0 Å². The second kappa shape index (κ2) is 15.4. The van der Waals surface area contributed by atoms with Crippen molar-refractivity contribution in [1.29, 1.82) is 0 Å². The summed E-state index contributed by atoms with van der Waals surface area (Å²) in [5.41, 5.74) is 2.83. The molecule has 0 fully saturated rings. The average molecular weight is 667 g/mol. The number of rotatable bonds is 13. The molecule has 0 radical (unpaired) electrons. The summed E-state index contributed by atoms with van der Waals surface area (Å²) >= 11 is 12.5. The molecule has 0 heterocycles. The monoisotopic (exact) mass is 665 g/mol. The van der Waals surface area contributed by atoms with Crippen LogP contribution in [0.5, 0.6) is 0 Å². The van der Waals surface area contributed by atoms with Gasteiger partial charge in [-0.2, -0.15) is 0 Å². The first-order chi connectivity index (χ1) is 21.5. The Morgan fingerprint density at radius 2 is 1.47 bits per heavy atom. The van der Waals surface area contributed by atoms with Gasteiger partial charge in [0.15, 0.2) is 0 Å². The third-order valence-electron chi connectivity index (χ3n) is 7.51. The third kappa shape index (κ3) is 8.87. The normalized spacial score (nSPS) is 12.6. The molecule has 45 heavy (non-hydrogen) atoms. The van der Waals surface area contributed by atoms with Gasteiger partial charge >= 0.3 is 0 Å². The lowest BCUT2D eigenvalue weighted by molar-refractivity contribution is -0.140. The van der Waals surface area contributed by atoms with Crippen molar-refractivity contribution in [2.24, 2.45) is 0 Å². The van der Waals surface area contributed by atoms with Crippen LogP contribution in [0, 0.1) is 6.92 Å². The standard InChI is InChI=1S/C35H37Cl2N3O4S/c1-4-26(3)38-35(42)33(21-27-13-7-5-8-14-27)39(23-28-15-11-12-25(2)20-28)34(41)24-40(29-18-19-31(36)32(37)22-29)45(43,44)30-16-9-6-10-17-30/h5-20,22,26,33H,4,21,23-24H2,1-3H3,(H,38,42)/t26-,33+/m0/s1. The lowest BCUT2D eigenvalue weighted by Gasteiger charge is -2.34. The molecule has 0 aliphatic carbocycles. The summed E-state index contributed by atoms with van der Waals surface area (Å²) in [6.07, 6.45) is 0.939. The zero-order chi connectivity index (χ0) is 32.6. The fourth-order valence-electron chi connectivity index (χ4n) is 4.89. The van der Waals surface area contributed by atoms with Crippen molar-refractivity contribution in [3.05, 3.63) is 130 Å². The number of amides is 2. The Morgan fingerprint density at radius 1 is 0.822 bits per heavy atom. The van der Waals surface area contributed by atoms with Crippen LogP contribution in [0.2, 0.25) is 10.0 Å². The fraction of sp³-hybridized carbons (Fsp3) is 0.257. The molecule has 0 saturated carbocycles. The molecular formula is C35H37Cl2N3O4S.